The summed E-state index contributed by atoms with van der Waals surface area (Å²) in [5, 5.41) is 0. The van der Waals surface area contributed by atoms with Crippen LogP contribution in [-0.2, 0) is 19.4 Å². The van der Waals surface area contributed by atoms with Gasteiger partial charge in [0.25, 0.3) is 0 Å². The van der Waals surface area contributed by atoms with E-state index in [1.807, 2.05) is 9.80 Å². The van der Waals surface area contributed by atoms with Gasteiger partial charge in [-0.25, -0.2) is 18.0 Å². The molecule has 2 atom stereocenters. The number of esters is 1. The van der Waals surface area contributed by atoms with Crippen molar-refractivity contribution in [3.05, 3.63) is 35.4 Å². The van der Waals surface area contributed by atoms with Crippen molar-refractivity contribution >= 4 is 27.4 Å². The van der Waals surface area contributed by atoms with Crippen LogP contribution in [0.1, 0.15) is 37.7 Å². The first-order valence-electron chi connectivity index (χ1n) is 10.0. The molecular formula is C21H26N2O5S. The maximum absolute atomic E-state index is 13.1. The van der Waals surface area contributed by atoms with E-state index in [-0.39, 0.29) is 23.0 Å². The predicted molar refractivity (Wildman–Crippen MR) is 108 cm³/mol. The van der Waals surface area contributed by atoms with Crippen molar-refractivity contribution in [1.29, 1.82) is 0 Å². The van der Waals surface area contributed by atoms with Crippen LogP contribution in [0, 0.1) is 0 Å². The van der Waals surface area contributed by atoms with Crippen molar-refractivity contribution in [2.24, 2.45) is 0 Å². The number of carbonyl (C=O) groups excluding carboxylic acids is 2. The van der Waals surface area contributed by atoms with Gasteiger partial charge in [-0.05, 0) is 55.4 Å². The number of fused-ring (bicyclic) bond motifs is 2. The van der Waals surface area contributed by atoms with Crippen LogP contribution < -0.4 is 0 Å². The SMILES string of the molecule is COC(=O)C1=C(c2ccc(S(C)(=O)=O)cc2)C[C@@H]2CC[C@H]1N2C(=O)N1CCCC1. The lowest BCUT2D eigenvalue weighted by atomic mass is 9.88. The Bertz CT molecular complexity index is 961. The highest BCUT2D eigenvalue weighted by molar-refractivity contribution is 7.90. The van der Waals surface area contributed by atoms with Crippen LogP contribution in [-0.4, -0.2) is 68.8 Å². The molecule has 4 rings (SSSR count). The van der Waals surface area contributed by atoms with Gasteiger partial charge in [0.2, 0.25) is 0 Å². The lowest BCUT2D eigenvalue weighted by Crippen LogP contribution is -2.51. The molecule has 2 bridgehead atoms. The molecule has 3 aliphatic rings. The van der Waals surface area contributed by atoms with E-state index in [0.717, 1.165) is 49.9 Å². The fraction of sp³-hybridized carbons (Fsp3) is 0.524. The highest BCUT2D eigenvalue weighted by atomic mass is 32.2. The third-order valence-electron chi connectivity index (χ3n) is 6.23. The zero-order valence-corrected chi connectivity index (χ0v) is 17.6. The van der Waals surface area contributed by atoms with Crippen LogP contribution in [0.5, 0.6) is 0 Å². The van der Waals surface area contributed by atoms with Crippen LogP contribution in [0.2, 0.25) is 0 Å². The smallest absolute Gasteiger partial charge is 0.336 e. The number of carbonyl (C=O) groups is 2. The van der Waals surface area contributed by atoms with Gasteiger partial charge in [0, 0.05) is 25.4 Å². The Labute approximate surface area is 171 Å². The van der Waals surface area contributed by atoms with Crippen molar-refractivity contribution in [3.8, 4) is 0 Å². The lowest BCUT2D eigenvalue weighted by Gasteiger charge is -2.39. The van der Waals surface area contributed by atoms with E-state index in [2.05, 4.69) is 0 Å². The summed E-state index contributed by atoms with van der Waals surface area (Å²) in [4.78, 5) is 29.9. The number of likely N-dealkylation sites (tertiary alicyclic amines) is 1. The molecular weight excluding hydrogens is 392 g/mol. The number of rotatable bonds is 3. The first kappa shape index (κ1) is 19.9. The van der Waals surface area contributed by atoms with E-state index < -0.39 is 15.8 Å². The van der Waals surface area contributed by atoms with Crippen LogP contribution in [0.4, 0.5) is 4.79 Å². The zero-order chi connectivity index (χ0) is 20.8. The Morgan fingerprint density at radius 3 is 2.31 bits per heavy atom. The number of urea groups is 1. The predicted octanol–water partition coefficient (Wildman–Crippen LogP) is 2.47. The number of benzene rings is 1. The van der Waals surface area contributed by atoms with Gasteiger partial charge in [0.15, 0.2) is 9.84 Å². The molecule has 3 aliphatic heterocycles. The molecule has 0 N–H and O–H groups in total. The van der Waals surface area contributed by atoms with Gasteiger partial charge in [-0.2, -0.15) is 0 Å². The van der Waals surface area contributed by atoms with E-state index in [1.54, 1.807) is 24.3 Å². The molecule has 3 heterocycles. The fourth-order valence-electron chi connectivity index (χ4n) is 4.82. The molecule has 1 aromatic rings. The molecule has 0 spiro atoms. The van der Waals surface area contributed by atoms with Crippen molar-refractivity contribution in [2.45, 2.75) is 49.1 Å². The number of nitrogens with zero attached hydrogens (tertiary/aromatic N) is 2. The van der Waals surface area contributed by atoms with Gasteiger partial charge in [-0.1, -0.05) is 12.1 Å². The molecule has 2 saturated heterocycles. The van der Waals surface area contributed by atoms with E-state index in [0.29, 0.717) is 12.0 Å². The molecule has 0 saturated carbocycles. The average Bonchev–Trinajstić information content (AvgIpc) is 3.34. The molecule has 7 nitrogen and oxygen atoms in total. The number of sulfone groups is 1. The van der Waals surface area contributed by atoms with E-state index in [9.17, 15) is 18.0 Å². The Morgan fingerprint density at radius 1 is 1.07 bits per heavy atom. The number of amides is 2. The summed E-state index contributed by atoms with van der Waals surface area (Å²) in [6, 6.07) is 6.39. The number of hydrogen-bond acceptors (Lipinski definition) is 5. The molecule has 1 aromatic carbocycles. The maximum atomic E-state index is 13.1. The van der Waals surface area contributed by atoms with Crippen molar-refractivity contribution in [2.75, 3.05) is 26.5 Å². The van der Waals surface area contributed by atoms with Crippen LogP contribution in [0.15, 0.2) is 34.7 Å². The normalized spacial score (nSPS) is 24.2. The molecule has 29 heavy (non-hydrogen) atoms. The lowest BCUT2D eigenvalue weighted by molar-refractivity contribution is -0.136. The zero-order valence-electron chi connectivity index (χ0n) is 16.8. The Hall–Kier alpha value is -2.35. The van der Waals surface area contributed by atoms with Gasteiger partial charge < -0.3 is 14.5 Å². The summed E-state index contributed by atoms with van der Waals surface area (Å²) < 4.78 is 28.6. The molecule has 2 amide bonds. The van der Waals surface area contributed by atoms with E-state index >= 15 is 0 Å². The molecule has 0 unspecified atom stereocenters. The van der Waals surface area contributed by atoms with Crippen molar-refractivity contribution in [1.82, 2.24) is 9.80 Å². The number of ether oxygens (including phenoxy) is 1. The summed E-state index contributed by atoms with van der Waals surface area (Å²) in [5.41, 5.74) is 2.19. The monoisotopic (exact) mass is 418 g/mol. The van der Waals surface area contributed by atoms with Crippen LogP contribution >= 0.6 is 0 Å². The van der Waals surface area contributed by atoms with Gasteiger partial charge in [0.05, 0.1) is 23.6 Å². The van der Waals surface area contributed by atoms with Crippen LogP contribution in [0.3, 0.4) is 0 Å². The Kier molecular flexibility index (Phi) is 5.14. The average molecular weight is 419 g/mol. The van der Waals surface area contributed by atoms with E-state index in [1.165, 1.54) is 13.4 Å². The second-order valence-electron chi connectivity index (χ2n) is 8.02. The molecule has 8 heteroatoms. The minimum absolute atomic E-state index is 0.0166. The molecule has 0 aromatic heterocycles. The fourth-order valence-corrected chi connectivity index (χ4v) is 5.45. The maximum Gasteiger partial charge on any atom is 0.336 e. The van der Waals surface area contributed by atoms with Crippen molar-refractivity contribution < 1.29 is 22.7 Å². The highest BCUT2D eigenvalue weighted by Gasteiger charge is 2.47. The molecule has 0 radical (unpaired) electrons. The van der Waals surface area contributed by atoms with Gasteiger partial charge in [-0.15, -0.1) is 0 Å². The second-order valence-corrected chi connectivity index (χ2v) is 10.0. The standard InChI is InChI=1S/C21H26N2O5S/c1-28-20(24)19-17(14-5-8-16(9-6-14)29(2,26)27)13-15-7-10-18(19)23(15)21(25)22-11-3-4-12-22/h5-6,8-9,15,18H,3-4,7,10-13H2,1-2H3/t15-,18+/m0/s1. The number of hydrogen-bond donors (Lipinski definition) is 0. The van der Waals surface area contributed by atoms with Gasteiger partial charge in [-0.3, -0.25) is 0 Å². The Balaban J connectivity index is 1.73. The second kappa shape index (κ2) is 7.48. The molecule has 0 aliphatic carbocycles. The quantitative estimate of drug-likeness (QED) is 0.704. The minimum Gasteiger partial charge on any atom is -0.466 e. The first-order chi connectivity index (χ1) is 13.8. The van der Waals surface area contributed by atoms with Crippen LogP contribution in [0.25, 0.3) is 5.57 Å². The summed E-state index contributed by atoms with van der Waals surface area (Å²) in [6.45, 7) is 1.54. The highest BCUT2D eigenvalue weighted by Crippen LogP contribution is 2.44. The molecule has 2 fully saturated rings. The first-order valence-corrected chi connectivity index (χ1v) is 11.9. The topological polar surface area (TPSA) is 84.0 Å². The number of methoxy groups -OCH3 is 1. The summed E-state index contributed by atoms with van der Waals surface area (Å²) in [5.74, 6) is -0.420. The summed E-state index contributed by atoms with van der Waals surface area (Å²) in [7, 11) is -1.94. The third kappa shape index (κ3) is 3.54. The largest absolute Gasteiger partial charge is 0.466 e. The van der Waals surface area contributed by atoms with Gasteiger partial charge >= 0.3 is 12.0 Å². The summed E-state index contributed by atoms with van der Waals surface area (Å²) in [6.07, 6.45) is 5.36. The minimum atomic E-state index is -3.29. The Morgan fingerprint density at radius 2 is 1.72 bits per heavy atom. The van der Waals surface area contributed by atoms with Gasteiger partial charge in [0.1, 0.15) is 0 Å². The molecule has 156 valence electrons. The summed E-state index contributed by atoms with van der Waals surface area (Å²) >= 11 is 0. The van der Waals surface area contributed by atoms with E-state index in [4.69, 9.17) is 4.74 Å². The third-order valence-corrected chi connectivity index (χ3v) is 7.36. The van der Waals surface area contributed by atoms with Crippen molar-refractivity contribution in [3.63, 3.8) is 0 Å².